The lowest BCUT2D eigenvalue weighted by Gasteiger charge is -2.14. The Morgan fingerprint density at radius 3 is 2.88 bits per heavy atom. The fourth-order valence-electron chi connectivity index (χ4n) is 3.25. The molecule has 1 aliphatic carbocycles. The van der Waals surface area contributed by atoms with Gasteiger partial charge in [-0.3, -0.25) is 9.59 Å². The normalized spacial score (nSPS) is 14.8. The first kappa shape index (κ1) is 17.2. The third-order valence-corrected chi connectivity index (χ3v) is 6.19. The van der Waals surface area contributed by atoms with Gasteiger partial charge in [-0.05, 0) is 50.3 Å². The standard InChI is InChI=1S/C18H17ClN4O2S/c1-10(16(24)20-13-8-4-3-7-12(13)19)23-18(25)15-11-6-2-5-9-14(11)26-17(15)21-22-23/h3-4,7-8,10H,2,5-6,9H2,1H3,(H,20,24)/t10-/m1/s1. The van der Waals surface area contributed by atoms with Crippen molar-refractivity contribution in [3.8, 4) is 0 Å². The Bertz CT molecular complexity index is 1060. The van der Waals surface area contributed by atoms with Crippen LogP contribution in [0.5, 0.6) is 0 Å². The van der Waals surface area contributed by atoms with E-state index >= 15 is 0 Å². The number of aryl methyl sites for hydroxylation is 2. The molecule has 1 aromatic carbocycles. The first-order valence-corrected chi connectivity index (χ1v) is 9.71. The molecular formula is C18H17ClN4O2S. The highest BCUT2D eigenvalue weighted by atomic mass is 35.5. The van der Waals surface area contributed by atoms with Crippen LogP contribution in [-0.2, 0) is 17.6 Å². The van der Waals surface area contributed by atoms with Crippen molar-refractivity contribution < 1.29 is 4.79 Å². The number of carbonyl (C=O) groups excluding carboxylic acids is 1. The van der Waals surface area contributed by atoms with E-state index in [1.807, 2.05) is 0 Å². The Morgan fingerprint density at radius 1 is 1.31 bits per heavy atom. The number of nitrogens with zero attached hydrogens (tertiary/aromatic N) is 3. The van der Waals surface area contributed by atoms with Crippen LogP contribution in [0.3, 0.4) is 0 Å². The average molecular weight is 389 g/mol. The summed E-state index contributed by atoms with van der Waals surface area (Å²) in [6, 6.07) is 6.17. The fraction of sp³-hybridized carbons (Fsp3) is 0.333. The van der Waals surface area contributed by atoms with Gasteiger partial charge in [-0.1, -0.05) is 28.9 Å². The predicted octanol–water partition coefficient (Wildman–Crippen LogP) is 3.58. The number of halogens is 1. The summed E-state index contributed by atoms with van der Waals surface area (Å²) in [5.41, 5.74) is 1.33. The van der Waals surface area contributed by atoms with Gasteiger partial charge in [0.25, 0.3) is 5.56 Å². The highest BCUT2D eigenvalue weighted by Crippen LogP contribution is 2.33. The van der Waals surface area contributed by atoms with E-state index in [0.29, 0.717) is 20.9 Å². The molecular weight excluding hydrogens is 372 g/mol. The minimum Gasteiger partial charge on any atom is -0.323 e. The summed E-state index contributed by atoms with van der Waals surface area (Å²) in [4.78, 5) is 27.5. The van der Waals surface area contributed by atoms with Crippen LogP contribution in [0.2, 0.25) is 5.02 Å². The van der Waals surface area contributed by atoms with E-state index in [1.165, 1.54) is 4.88 Å². The van der Waals surface area contributed by atoms with Crippen LogP contribution in [0.25, 0.3) is 10.2 Å². The molecule has 4 rings (SSSR count). The number of carbonyl (C=O) groups is 1. The number of anilines is 1. The summed E-state index contributed by atoms with van der Waals surface area (Å²) >= 11 is 7.63. The third kappa shape index (κ3) is 2.91. The number of thiophene rings is 1. The lowest BCUT2D eigenvalue weighted by atomic mass is 9.97. The molecule has 2 heterocycles. The number of para-hydroxylation sites is 1. The maximum Gasteiger partial charge on any atom is 0.279 e. The minimum absolute atomic E-state index is 0.254. The van der Waals surface area contributed by atoms with Gasteiger partial charge in [0.2, 0.25) is 5.91 Å². The van der Waals surface area contributed by atoms with Crippen molar-refractivity contribution in [1.82, 2.24) is 15.0 Å². The molecule has 3 aromatic rings. The summed E-state index contributed by atoms with van der Waals surface area (Å²) in [6.45, 7) is 1.63. The van der Waals surface area contributed by atoms with Crippen LogP contribution < -0.4 is 10.9 Å². The Balaban J connectivity index is 1.70. The minimum atomic E-state index is -0.796. The van der Waals surface area contributed by atoms with Gasteiger partial charge in [0.05, 0.1) is 16.1 Å². The highest BCUT2D eigenvalue weighted by Gasteiger charge is 2.24. The zero-order chi connectivity index (χ0) is 18.3. The number of nitrogens with one attached hydrogen (secondary N) is 1. The fourth-order valence-corrected chi connectivity index (χ4v) is 4.63. The zero-order valence-corrected chi connectivity index (χ0v) is 15.7. The first-order chi connectivity index (χ1) is 12.6. The molecule has 0 aliphatic heterocycles. The van der Waals surface area contributed by atoms with Crippen molar-refractivity contribution in [3.63, 3.8) is 0 Å². The molecule has 0 fully saturated rings. The summed E-state index contributed by atoms with van der Waals surface area (Å²) in [5.74, 6) is -0.363. The van der Waals surface area contributed by atoms with Crippen LogP contribution in [0.15, 0.2) is 29.1 Å². The number of aromatic nitrogens is 3. The molecule has 0 saturated heterocycles. The van der Waals surface area contributed by atoms with E-state index in [9.17, 15) is 9.59 Å². The number of benzene rings is 1. The molecule has 1 N–H and O–H groups in total. The SMILES string of the molecule is C[C@H](C(=O)Nc1ccccc1Cl)n1nnc2sc3c(c2c1=O)CCCC3. The molecule has 1 amide bonds. The largest absolute Gasteiger partial charge is 0.323 e. The van der Waals surface area contributed by atoms with Crippen molar-refractivity contribution in [2.45, 2.75) is 38.6 Å². The molecule has 26 heavy (non-hydrogen) atoms. The van der Waals surface area contributed by atoms with Gasteiger partial charge in [-0.25, -0.2) is 0 Å². The van der Waals surface area contributed by atoms with E-state index in [0.717, 1.165) is 35.9 Å². The van der Waals surface area contributed by atoms with Crippen LogP contribution in [-0.4, -0.2) is 20.9 Å². The Hall–Kier alpha value is -2.25. The zero-order valence-electron chi connectivity index (χ0n) is 14.2. The Morgan fingerprint density at radius 2 is 2.08 bits per heavy atom. The van der Waals surface area contributed by atoms with Crippen molar-refractivity contribution >= 4 is 44.7 Å². The van der Waals surface area contributed by atoms with E-state index in [-0.39, 0.29) is 11.5 Å². The number of hydrogen-bond acceptors (Lipinski definition) is 5. The maximum atomic E-state index is 13.0. The van der Waals surface area contributed by atoms with E-state index in [4.69, 9.17) is 11.6 Å². The van der Waals surface area contributed by atoms with Gasteiger partial charge >= 0.3 is 0 Å². The summed E-state index contributed by atoms with van der Waals surface area (Å²) in [7, 11) is 0. The third-order valence-electron chi connectivity index (χ3n) is 4.68. The van der Waals surface area contributed by atoms with Crippen molar-refractivity contribution in [2.24, 2.45) is 0 Å². The molecule has 1 atom stereocenters. The van der Waals surface area contributed by atoms with Gasteiger partial charge in [0, 0.05) is 4.88 Å². The second-order valence-corrected chi connectivity index (χ2v) is 7.87. The van der Waals surface area contributed by atoms with Gasteiger partial charge in [-0.15, -0.1) is 16.4 Å². The van der Waals surface area contributed by atoms with Crippen molar-refractivity contribution in [3.05, 3.63) is 50.1 Å². The first-order valence-electron chi connectivity index (χ1n) is 8.51. The second kappa shape index (κ2) is 6.81. The Kier molecular flexibility index (Phi) is 4.50. The molecule has 0 saturated carbocycles. The van der Waals surface area contributed by atoms with Crippen molar-refractivity contribution in [1.29, 1.82) is 0 Å². The second-order valence-electron chi connectivity index (χ2n) is 6.38. The summed E-state index contributed by atoms with van der Waals surface area (Å²) in [6.07, 6.45) is 4.08. The molecule has 134 valence electrons. The smallest absolute Gasteiger partial charge is 0.279 e. The Labute approximate surface area is 158 Å². The van der Waals surface area contributed by atoms with E-state index in [1.54, 1.807) is 42.5 Å². The average Bonchev–Trinajstić information content (AvgIpc) is 3.02. The number of fused-ring (bicyclic) bond motifs is 3. The summed E-state index contributed by atoms with van der Waals surface area (Å²) in [5, 5.41) is 12.0. The van der Waals surface area contributed by atoms with Crippen LogP contribution in [0.4, 0.5) is 5.69 Å². The van der Waals surface area contributed by atoms with E-state index in [2.05, 4.69) is 15.6 Å². The predicted molar refractivity (Wildman–Crippen MR) is 103 cm³/mol. The highest BCUT2D eigenvalue weighted by molar-refractivity contribution is 7.18. The molecule has 0 spiro atoms. The quantitative estimate of drug-likeness (QED) is 0.743. The van der Waals surface area contributed by atoms with Crippen LogP contribution in [0.1, 0.15) is 36.2 Å². The molecule has 0 unspecified atom stereocenters. The summed E-state index contributed by atoms with van der Waals surface area (Å²) < 4.78 is 1.16. The van der Waals surface area contributed by atoms with Crippen LogP contribution >= 0.6 is 22.9 Å². The number of amides is 1. The number of rotatable bonds is 3. The monoisotopic (exact) mass is 388 g/mol. The molecule has 2 aromatic heterocycles. The molecule has 0 bridgehead atoms. The van der Waals surface area contributed by atoms with Crippen molar-refractivity contribution in [2.75, 3.05) is 5.32 Å². The molecule has 6 nitrogen and oxygen atoms in total. The van der Waals surface area contributed by atoms with Gasteiger partial charge < -0.3 is 5.32 Å². The van der Waals surface area contributed by atoms with Gasteiger partial charge in [-0.2, -0.15) is 4.68 Å². The topological polar surface area (TPSA) is 76.9 Å². The lowest BCUT2D eigenvalue weighted by molar-refractivity contribution is -0.119. The number of hydrogen-bond donors (Lipinski definition) is 1. The molecule has 8 heteroatoms. The molecule has 1 aliphatic rings. The van der Waals surface area contributed by atoms with Crippen LogP contribution in [0, 0.1) is 0 Å². The molecule has 0 radical (unpaired) electrons. The van der Waals surface area contributed by atoms with E-state index < -0.39 is 6.04 Å². The lowest BCUT2D eigenvalue weighted by Crippen LogP contribution is -2.34. The van der Waals surface area contributed by atoms with Gasteiger partial charge in [0.1, 0.15) is 6.04 Å². The maximum absolute atomic E-state index is 13.0. The van der Waals surface area contributed by atoms with Gasteiger partial charge in [0.15, 0.2) is 4.83 Å².